The van der Waals surface area contributed by atoms with Crippen molar-refractivity contribution in [3.05, 3.63) is 24.3 Å². The molecular weight excluding hydrogens is 236 g/mol. The molecule has 2 rings (SSSR count). The molecule has 19 heavy (non-hydrogen) atoms. The van der Waals surface area contributed by atoms with Crippen molar-refractivity contribution in [1.82, 2.24) is 5.32 Å². The first-order chi connectivity index (χ1) is 9.33. The molecule has 0 amide bonds. The van der Waals surface area contributed by atoms with Gasteiger partial charge < -0.3 is 15.0 Å². The summed E-state index contributed by atoms with van der Waals surface area (Å²) in [5.41, 5.74) is 1.25. The zero-order valence-electron chi connectivity index (χ0n) is 12.2. The molecule has 1 N–H and O–H groups in total. The summed E-state index contributed by atoms with van der Waals surface area (Å²) in [5, 5.41) is 3.50. The number of rotatable bonds is 9. The van der Waals surface area contributed by atoms with Gasteiger partial charge in [-0.1, -0.05) is 6.07 Å². The summed E-state index contributed by atoms with van der Waals surface area (Å²) in [6.45, 7) is 8.29. The van der Waals surface area contributed by atoms with E-state index in [2.05, 4.69) is 42.3 Å². The first kappa shape index (κ1) is 14.2. The molecule has 1 aliphatic rings. The molecule has 106 valence electrons. The smallest absolute Gasteiger partial charge is 0.121 e. The van der Waals surface area contributed by atoms with Crippen molar-refractivity contribution in [2.45, 2.75) is 39.2 Å². The van der Waals surface area contributed by atoms with E-state index in [1.54, 1.807) is 0 Å². The molecule has 0 aliphatic heterocycles. The Morgan fingerprint density at radius 1 is 1.26 bits per heavy atom. The van der Waals surface area contributed by atoms with Gasteiger partial charge in [-0.3, -0.25) is 0 Å². The molecule has 1 aromatic carbocycles. The van der Waals surface area contributed by atoms with Crippen molar-refractivity contribution in [1.29, 1.82) is 0 Å². The van der Waals surface area contributed by atoms with E-state index in [1.807, 2.05) is 6.07 Å². The van der Waals surface area contributed by atoms with E-state index >= 15 is 0 Å². The Labute approximate surface area is 116 Å². The van der Waals surface area contributed by atoms with Crippen molar-refractivity contribution in [2.75, 3.05) is 31.1 Å². The topological polar surface area (TPSA) is 24.5 Å². The Balaban J connectivity index is 1.74. The molecule has 1 aromatic rings. The molecule has 0 unspecified atom stereocenters. The number of nitrogens with zero attached hydrogens (tertiary/aromatic N) is 1. The molecule has 3 nitrogen and oxygen atoms in total. The van der Waals surface area contributed by atoms with Crippen LogP contribution in [0.1, 0.15) is 33.1 Å². The lowest BCUT2D eigenvalue weighted by atomic mass is 10.2. The third kappa shape index (κ3) is 4.75. The summed E-state index contributed by atoms with van der Waals surface area (Å²) in [5.74, 6) is 0.982. The second-order valence-corrected chi connectivity index (χ2v) is 5.10. The predicted molar refractivity (Wildman–Crippen MR) is 81.1 cm³/mol. The van der Waals surface area contributed by atoms with Crippen LogP contribution in [0.25, 0.3) is 0 Å². The summed E-state index contributed by atoms with van der Waals surface area (Å²) in [6.07, 6.45) is 3.78. The van der Waals surface area contributed by atoms with Gasteiger partial charge >= 0.3 is 0 Å². The van der Waals surface area contributed by atoms with Gasteiger partial charge in [-0.2, -0.15) is 0 Å². The van der Waals surface area contributed by atoms with Crippen molar-refractivity contribution in [2.24, 2.45) is 0 Å². The van der Waals surface area contributed by atoms with Gasteiger partial charge in [0.15, 0.2) is 0 Å². The molecule has 1 aliphatic carbocycles. The lowest BCUT2D eigenvalue weighted by Crippen LogP contribution is -2.21. The number of ether oxygens (including phenoxy) is 1. The van der Waals surface area contributed by atoms with Gasteiger partial charge in [0.1, 0.15) is 5.75 Å². The van der Waals surface area contributed by atoms with Crippen LogP contribution in [-0.4, -0.2) is 32.3 Å². The highest BCUT2D eigenvalue weighted by molar-refractivity contribution is 5.50. The Bertz CT molecular complexity index is 373. The van der Waals surface area contributed by atoms with E-state index in [0.717, 1.165) is 44.5 Å². The minimum Gasteiger partial charge on any atom is -0.493 e. The quantitative estimate of drug-likeness (QED) is 0.692. The van der Waals surface area contributed by atoms with Crippen LogP contribution in [-0.2, 0) is 0 Å². The van der Waals surface area contributed by atoms with Crippen molar-refractivity contribution in [3.8, 4) is 5.75 Å². The van der Waals surface area contributed by atoms with Crippen molar-refractivity contribution in [3.63, 3.8) is 0 Å². The summed E-state index contributed by atoms with van der Waals surface area (Å²) >= 11 is 0. The van der Waals surface area contributed by atoms with Crippen LogP contribution in [0.5, 0.6) is 5.75 Å². The Morgan fingerprint density at radius 3 is 2.74 bits per heavy atom. The van der Waals surface area contributed by atoms with E-state index in [-0.39, 0.29) is 0 Å². The van der Waals surface area contributed by atoms with E-state index < -0.39 is 0 Å². The number of benzene rings is 1. The van der Waals surface area contributed by atoms with E-state index in [0.29, 0.717) is 0 Å². The van der Waals surface area contributed by atoms with Crippen LogP contribution < -0.4 is 15.0 Å². The maximum atomic E-state index is 5.82. The van der Waals surface area contributed by atoms with Gasteiger partial charge in [0.2, 0.25) is 0 Å². The first-order valence-corrected chi connectivity index (χ1v) is 7.54. The largest absolute Gasteiger partial charge is 0.493 e. The second kappa shape index (κ2) is 7.39. The summed E-state index contributed by atoms with van der Waals surface area (Å²) < 4.78 is 5.82. The SMILES string of the molecule is CCN(CC)c1cccc(OCCCNC2CC2)c1. The normalized spacial score (nSPS) is 14.4. The van der Waals surface area contributed by atoms with E-state index in [4.69, 9.17) is 4.74 Å². The molecule has 0 bridgehead atoms. The van der Waals surface area contributed by atoms with Gasteiger partial charge in [0, 0.05) is 30.9 Å². The molecule has 3 heteroatoms. The average molecular weight is 262 g/mol. The Kier molecular flexibility index (Phi) is 5.52. The monoisotopic (exact) mass is 262 g/mol. The lowest BCUT2D eigenvalue weighted by molar-refractivity contribution is 0.308. The molecule has 0 aromatic heterocycles. The number of hydrogen-bond acceptors (Lipinski definition) is 3. The van der Waals surface area contributed by atoms with Gasteiger partial charge in [-0.05, 0) is 51.8 Å². The summed E-state index contributed by atoms with van der Waals surface area (Å²) in [4.78, 5) is 2.33. The highest BCUT2D eigenvalue weighted by Gasteiger charge is 2.19. The highest BCUT2D eigenvalue weighted by atomic mass is 16.5. The molecular formula is C16H26N2O. The van der Waals surface area contributed by atoms with Crippen molar-refractivity contribution < 1.29 is 4.74 Å². The van der Waals surface area contributed by atoms with Crippen LogP contribution in [0, 0.1) is 0 Å². The number of hydrogen-bond donors (Lipinski definition) is 1. The molecule has 1 fully saturated rings. The Hall–Kier alpha value is -1.22. The second-order valence-electron chi connectivity index (χ2n) is 5.10. The average Bonchev–Trinajstić information content (AvgIpc) is 3.24. The molecule has 0 spiro atoms. The zero-order valence-corrected chi connectivity index (χ0v) is 12.2. The minimum atomic E-state index is 0.793. The molecule has 0 atom stereocenters. The zero-order chi connectivity index (χ0) is 13.5. The maximum absolute atomic E-state index is 5.82. The standard InChI is InChI=1S/C16H26N2O/c1-3-18(4-2)15-7-5-8-16(13-15)19-12-6-11-17-14-9-10-14/h5,7-8,13-14,17H,3-4,6,9-12H2,1-2H3. The summed E-state index contributed by atoms with van der Waals surface area (Å²) in [6, 6.07) is 9.20. The lowest BCUT2D eigenvalue weighted by Gasteiger charge is -2.21. The Morgan fingerprint density at radius 2 is 2.05 bits per heavy atom. The van der Waals surface area contributed by atoms with E-state index in [1.165, 1.54) is 18.5 Å². The molecule has 1 saturated carbocycles. The fourth-order valence-electron chi connectivity index (χ4n) is 2.21. The molecule has 0 saturated heterocycles. The third-order valence-electron chi connectivity index (χ3n) is 3.55. The first-order valence-electron chi connectivity index (χ1n) is 7.54. The molecule has 0 heterocycles. The van der Waals surface area contributed by atoms with Crippen molar-refractivity contribution >= 4 is 5.69 Å². The van der Waals surface area contributed by atoms with Crippen LogP contribution in [0.15, 0.2) is 24.3 Å². The van der Waals surface area contributed by atoms with Gasteiger partial charge in [-0.25, -0.2) is 0 Å². The van der Waals surface area contributed by atoms with Crippen LogP contribution in [0.2, 0.25) is 0 Å². The fraction of sp³-hybridized carbons (Fsp3) is 0.625. The van der Waals surface area contributed by atoms with Gasteiger partial charge in [-0.15, -0.1) is 0 Å². The van der Waals surface area contributed by atoms with Crippen LogP contribution >= 0.6 is 0 Å². The van der Waals surface area contributed by atoms with Gasteiger partial charge in [0.25, 0.3) is 0 Å². The van der Waals surface area contributed by atoms with E-state index in [9.17, 15) is 0 Å². The predicted octanol–water partition coefficient (Wildman–Crippen LogP) is 3.05. The summed E-state index contributed by atoms with van der Waals surface area (Å²) in [7, 11) is 0. The third-order valence-corrected chi connectivity index (χ3v) is 3.55. The van der Waals surface area contributed by atoms with Gasteiger partial charge in [0.05, 0.1) is 6.61 Å². The van der Waals surface area contributed by atoms with Crippen LogP contribution in [0.4, 0.5) is 5.69 Å². The van der Waals surface area contributed by atoms with Crippen LogP contribution in [0.3, 0.4) is 0 Å². The minimum absolute atomic E-state index is 0.793. The maximum Gasteiger partial charge on any atom is 0.121 e. The fourth-order valence-corrected chi connectivity index (χ4v) is 2.21. The molecule has 0 radical (unpaired) electrons. The number of nitrogens with one attached hydrogen (secondary N) is 1. The number of anilines is 1. The highest BCUT2D eigenvalue weighted by Crippen LogP contribution is 2.21.